The van der Waals surface area contributed by atoms with Crippen molar-refractivity contribution in [3.05, 3.63) is 255 Å². The molecule has 0 unspecified atom stereocenters. The number of hydrogen-bond donors (Lipinski definition) is 0. The van der Waals surface area contributed by atoms with E-state index in [4.69, 9.17) is 0 Å². The first kappa shape index (κ1) is 38.9. The summed E-state index contributed by atoms with van der Waals surface area (Å²) in [6.07, 6.45) is 0. The van der Waals surface area contributed by atoms with Gasteiger partial charge in [-0.2, -0.15) is 0 Å². The van der Waals surface area contributed by atoms with Crippen LogP contribution in [0.1, 0.15) is 0 Å². The monoisotopic (exact) mass is 882 g/mol. The van der Waals surface area contributed by atoms with Crippen LogP contribution < -0.4 is 0 Å². The molecule has 0 spiro atoms. The summed E-state index contributed by atoms with van der Waals surface area (Å²) < 4.78 is 0. The van der Waals surface area contributed by atoms with Gasteiger partial charge in [-0.3, -0.25) is 0 Å². The van der Waals surface area contributed by atoms with Crippen LogP contribution >= 0.6 is 0 Å². The van der Waals surface area contributed by atoms with Crippen molar-refractivity contribution in [3.63, 3.8) is 0 Å². The fourth-order valence-electron chi connectivity index (χ4n) is 12.5. The third-order valence-corrected chi connectivity index (χ3v) is 15.3. The zero-order chi connectivity index (χ0) is 45.9. The molecule has 0 heterocycles. The van der Waals surface area contributed by atoms with Gasteiger partial charge < -0.3 is 0 Å². The number of hydrogen-bond acceptors (Lipinski definition) is 0. The fourth-order valence-corrected chi connectivity index (χ4v) is 12.5. The van der Waals surface area contributed by atoms with E-state index in [0.717, 1.165) is 0 Å². The minimum absolute atomic E-state index is 1.21. The van der Waals surface area contributed by atoms with Crippen molar-refractivity contribution >= 4 is 86.2 Å². The minimum atomic E-state index is 1.21. The topological polar surface area (TPSA) is 0 Å². The summed E-state index contributed by atoms with van der Waals surface area (Å²) in [5.74, 6) is 0. The van der Waals surface area contributed by atoms with Gasteiger partial charge in [-0.25, -0.2) is 0 Å². The molecule has 322 valence electrons. The Morgan fingerprint density at radius 2 is 0.557 bits per heavy atom. The highest BCUT2D eigenvalue weighted by Gasteiger charge is 2.29. The van der Waals surface area contributed by atoms with Gasteiger partial charge in [0.1, 0.15) is 0 Å². The van der Waals surface area contributed by atoms with Crippen molar-refractivity contribution in [1.29, 1.82) is 0 Å². The SMILES string of the molecule is c1ccc(-c2ccccc2-c2ccc3cc4c5c(-c6ccccc6-c6ccccc6)c6c(cc7c8ccccc8c8cccc6c87)c(-c6ccccc6-c6ccccc6)c5c5cccc(c3c2)c54)cc1. The molecular formula is C70H42. The van der Waals surface area contributed by atoms with E-state index in [0.29, 0.717) is 0 Å². The second-order valence-electron chi connectivity index (χ2n) is 18.9. The van der Waals surface area contributed by atoms with Gasteiger partial charge >= 0.3 is 0 Å². The van der Waals surface area contributed by atoms with Gasteiger partial charge in [-0.1, -0.05) is 237 Å². The summed E-state index contributed by atoms with van der Waals surface area (Å²) in [6.45, 7) is 0. The quantitative estimate of drug-likeness (QED) is 0.146. The van der Waals surface area contributed by atoms with Crippen molar-refractivity contribution in [2.24, 2.45) is 0 Å². The molecule has 0 fully saturated rings. The smallest absolute Gasteiger partial charge is 0.000674 e. The Bertz CT molecular complexity index is 4540. The third kappa shape index (κ3) is 5.59. The van der Waals surface area contributed by atoms with Crippen LogP contribution in [0.25, 0.3) is 153 Å². The molecular weight excluding hydrogens is 841 g/mol. The Kier molecular flexibility index (Phi) is 8.46. The molecule has 0 amide bonds. The molecule has 0 aliphatic heterocycles. The van der Waals surface area contributed by atoms with E-state index in [1.165, 1.54) is 153 Å². The lowest BCUT2D eigenvalue weighted by Gasteiger charge is -2.22. The molecule has 0 aliphatic carbocycles. The molecule has 0 aromatic heterocycles. The molecule has 15 aromatic rings. The summed E-state index contributed by atoms with van der Waals surface area (Å²) in [4.78, 5) is 0. The van der Waals surface area contributed by atoms with Crippen molar-refractivity contribution in [2.45, 2.75) is 0 Å². The predicted molar refractivity (Wildman–Crippen MR) is 301 cm³/mol. The van der Waals surface area contributed by atoms with Gasteiger partial charge in [0.15, 0.2) is 0 Å². The van der Waals surface area contributed by atoms with Gasteiger partial charge in [-0.15, -0.1) is 0 Å². The highest BCUT2D eigenvalue weighted by molar-refractivity contribution is 6.46. The van der Waals surface area contributed by atoms with E-state index in [1.807, 2.05) is 0 Å². The molecule has 0 aliphatic rings. The minimum Gasteiger partial charge on any atom is -0.0622 e. The molecule has 0 N–H and O–H groups in total. The lowest BCUT2D eigenvalue weighted by Crippen LogP contribution is -1.94. The number of rotatable bonds is 6. The molecule has 0 heteroatoms. The van der Waals surface area contributed by atoms with Gasteiger partial charge in [0.05, 0.1) is 0 Å². The second-order valence-corrected chi connectivity index (χ2v) is 18.9. The normalized spacial score (nSPS) is 12.0. The molecule has 0 saturated heterocycles. The van der Waals surface area contributed by atoms with Crippen LogP contribution in [0.5, 0.6) is 0 Å². The molecule has 15 aromatic carbocycles. The van der Waals surface area contributed by atoms with Gasteiger partial charge in [-0.05, 0) is 171 Å². The second kappa shape index (κ2) is 15.2. The summed E-state index contributed by atoms with van der Waals surface area (Å²) >= 11 is 0. The van der Waals surface area contributed by atoms with Crippen LogP contribution in [0.2, 0.25) is 0 Å². The zero-order valence-corrected chi connectivity index (χ0v) is 38.2. The predicted octanol–water partition coefficient (Wildman–Crippen LogP) is 19.8. The van der Waals surface area contributed by atoms with Crippen LogP contribution in [0.15, 0.2) is 255 Å². The van der Waals surface area contributed by atoms with E-state index in [2.05, 4.69) is 255 Å². The zero-order valence-electron chi connectivity index (χ0n) is 38.2. The van der Waals surface area contributed by atoms with E-state index in [1.54, 1.807) is 0 Å². The number of fused-ring (bicyclic) bond motifs is 10. The Balaban J connectivity index is 1.18. The average molecular weight is 883 g/mol. The molecule has 0 nitrogen and oxygen atoms in total. The maximum absolute atomic E-state index is 2.56. The highest BCUT2D eigenvalue weighted by atomic mass is 14.3. The van der Waals surface area contributed by atoms with Crippen LogP contribution in [0.4, 0.5) is 0 Å². The Labute approximate surface area is 405 Å². The van der Waals surface area contributed by atoms with Crippen molar-refractivity contribution in [1.82, 2.24) is 0 Å². The molecule has 0 radical (unpaired) electrons. The molecule has 0 bridgehead atoms. The standard InChI is InChI=1S/C70H42/c1-4-20-43(21-5-1)48-26-10-11-29-51(48)46-38-39-47-41-62-65-57(60(47)40-46)35-19-37-59(65)69-66(54-32-16-12-27-49(54)44-22-6-2-7-23-44)63-42-61-53-31-15-14-30-52(53)56-34-18-36-58(64(56)61)67(63)68(70(62)69)55-33-17-13-28-50(55)45-24-8-3-9-25-45/h1-42H. The van der Waals surface area contributed by atoms with Crippen LogP contribution in [-0.4, -0.2) is 0 Å². The van der Waals surface area contributed by atoms with Crippen LogP contribution in [-0.2, 0) is 0 Å². The largest absolute Gasteiger partial charge is 0.0622 e. The van der Waals surface area contributed by atoms with Gasteiger partial charge in [0.2, 0.25) is 0 Å². The lowest BCUT2D eigenvalue weighted by molar-refractivity contribution is 1.60. The molecule has 15 rings (SSSR count). The van der Waals surface area contributed by atoms with Gasteiger partial charge in [0.25, 0.3) is 0 Å². The molecule has 70 heavy (non-hydrogen) atoms. The van der Waals surface area contributed by atoms with Gasteiger partial charge in [0, 0.05) is 0 Å². The third-order valence-electron chi connectivity index (χ3n) is 15.3. The van der Waals surface area contributed by atoms with Crippen molar-refractivity contribution in [3.8, 4) is 66.8 Å². The maximum atomic E-state index is 2.56. The van der Waals surface area contributed by atoms with E-state index >= 15 is 0 Å². The summed E-state index contributed by atoms with van der Waals surface area (Å²) in [5.41, 5.74) is 14.8. The molecule has 0 atom stereocenters. The van der Waals surface area contributed by atoms with Crippen molar-refractivity contribution in [2.75, 3.05) is 0 Å². The lowest BCUT2D eigenvalue weighted by atomic mass is 9.81. The average Bonchev–Trinajstić information content (AvgIpc) is 3.94. The summed E-state index contributed by atoms with van der Waals surface area (Å²) in [6, 6.07) is 95.2. The van der Waals surface area contributed by atoms with E-state index in [-0.39, 0.29) is 0 Å². The van der Waals surface area contributed by atoms with E-state index < -0.39 is 0 Å². The summed E-state index contributed by atoms with van der Waals surface area (Å²) in [7, 11) is 0. The number of benzene rings is 13. The molecule has 0 saturated carbocycles. The van der Waals surface area contributed by atoms with Crippen LogP contribution in [0.3, 0.4) is 0 Å². The first-order valence-electron chi connectivity index (χ1n) is 24.4. The maximum Gasteiger partial charge on any atom is -0.000674 e. The Hall–Kier alpha value is -9.10. The first-order valence-corrected chi connectivity index (χ1v) is 24.4. The summed E-state index contributed by atoms with van der Waals surface area (Å²) in [5, 5.41) is 20.6. The first-order chi connectivity index (χ1) is 34.8. The Morgan fingerprint density at radius 1 is 0.157 bits per heavy atom. The Morgan fingerprint density at radius 3 is 1.14 bits per heavy atom. The van der Waals surface area contributed by atoms with Crippen LogP contribution in [0, 0.1) is 0 Å². The highest BCUT2D eigenvalue weighted by Crippen LogP contribution is 2.57. The van der Waals surface area contributed by atoms with E-state index in [9.17, 15) is 0 Å². The fraction of sp³-hybridized carbons (Fsp3) is 0. The van der Waals surface area contributed by atoms with Crippen molar-refractivity contribution < 1.29 is 0 Å².